The number of aromatic nitrogens is 2. The van der Waals surface area contributed by atoms with Gasteiger partial charge in [-0.3, -0.25) is 0 Å². The maximum absolute atomic E-state index is 4.36. The molecule has 1 atom stereocenters. The van der Waals surface area contributed by atoms with Crippen molar-refractivity contribution in [1.29, 1.82) is 0 Å². The number of fused-ring (bicyclic) bond motifs is 1. The van der Waals surface area contributed by atoms with Crippen LogP contribution in [0, 0.1) is 6.92 Å². The van der Waals surface area contributed by atoms with Crippen LogP contribution in [-0.2, 0) is 0 Å². The molecule has 2 aromatic rings. The van der Waals surface area contributed by atoms with Gasteiger partial charge in [-0.05, 0) is 19.1 Å². The van der Waals surface area contributed by atoms with Crippen LogP contribution in [0.1, 0.15) is 5.69 Å². The smallest absolute Gasteiger partial charge is 0.168 e. The third kappa shape index (κ3) is 1.74. The number of rotatable bonds is 2. The molecule has 0 spiro atoms. The molecule has 82 valence electrons. The standard InChI is InChI=1S/C11H12N4S/c1-8-7-10-13-11(16-15(10)14-8)12-9-5-3-2-4-6-9/h2-7,11-13H,1H3/t11-/m0/s1. The van der Waals surface area contributed by atoms with Crippen molar-refractivity contribution in [1.82, 2.24) is 9.19 Å². The van der Waals surface area contributed by atoms with Crippen molar-refractivity contribution >= 4 is 23.5 Å². The van der Waals surface area contributed by atoms with E-state index < -0.39 is 0 Å². The second kappa shape index (κ2) is 3.75. The van der Waals surface area contributed by atoms with Gasteiger partial charge in [0.2, 0.25) is 0 Å². The van der Waals surface area contributed by atoms with Crippen molar-refractivity contribution in [3.05, 3.63) is 42.1 Å². The highest BCUT2D eigenvalue weighted by molar-refractivity contribution is 7.98. The lowest BCUT2D eigenvalue weighted by molar-refractivity contribution is 0.996. The number of hydrogen-bond donors (Lipinski definition) is 2. The SMILES string of the molecule is Cc1cc2n(n1)S[C@@H](Nc1ccccc1)N2. The van der Waals surface area contributed by atoms with Gasteiger partial charge >= 0.3 is 0 Å². The Hall–Kier alpha value is -1.62. The lowest BCUT2D eigenvalue weighted by atomic mass is 10.3. The van der Waals surface area contributed by atoms with Gasteiger partial charge in [0.05, 0.1) is 5.69 Å². The number of hydrogen-bond acceptors (Lipinski definition) is 4. The van der Waals surface area contributed by atoms with Crippen LogP contribution in [0.3, 0.4) is 0 Å². The Labute approximate surface area is 98.2 Å². The Balaban J connectivity index is 1.70. The van der Waals surface area contributed by atoms with E-state index in [4.69, 9.17) is 0 Å². The summed E-state index contributed by atoms with van der Waals surface area (Å²) in [6, 6.07) is 12.2. The molecule has 2 heterocycles. The van der Waals surface area contributed by atoms with Crippen molar-refractivity contribution in [3.63, 3.8) is 0 Å². The van der Waals surface area contributed by atoms with Crippen molar-refractivity contribution in [2.75, 3.05) is 10.6 Å². The van der Waals surface area contributed by atoms with Crippen LogP contribution in [0.2, 0.25) is 0 Å². The van der Waals surface area contributed by atoms with Crippen LogP contribution in [0.25, 0.3) is 0 Å². The average Bonchev–Trinajstić information content (AvgIpc) is 2.76. The molecule has 0 radical (unpaired) electrons. The van der Waals surface area contributed by atoms with Gasteiger partial charge in [-0.2, -0.15) is 9.19 Å². The Morgan fingerprint density at radius 2 is 2.19 bits per heavy atom. The Morgan fingerprint density at radius 3 is 2.94 bits per heavy atom. The zero-order chi connectivity index (χ0) is 11.0. The fourth-order valence-corrected chi connectivity index (χ4v) is 2.62. The van der Waals surface area contributed by atoms with Crippen LogP contribution in [0.5, 0.6) is 0 Å². The van der Waals surface area contributed by atoms with Gasteiger partial charge in [-0.15, -0.1) is 0 Å². The summed E-state index contributed by atoms with van der Waals surface area (Å²) in [6.45, 7) is 1.99. The predicted octanol–water partition coefficient (Wildman–Crippen LogP) is 2.51. The first-order chi connectivity index (χ1) is 7.81. The van der Waals surface area contributed by atoms with Gasteiger partial charge in [-0.25, -0.2) is 0 Å². The number of anilines is 2. The summed E-state index contributed by atoms with van der Waals surface area (Å²) >= 11 is 1.64. The quantitative estimate of drug-likeness (QED) is 0.835. The van der Waals surface area contributed by atoms with E-state index in [2.05, 4.69) is 27.9 Å². The van der Waals surface area contributed by atoms with E-state index in [0.29, 0.717) is 0 Å². The molecule has 0 aliphatic carbocycles. The molecule has 0 amide bonds. The number of nitrogens with one attached hydrogen (secondary N) is 2. The second-order valence-corrected chi connectivity index (χ2v) is 4.71. The number of para-hydroxylation sites is 1. The van der Waals surface area contributed by atoms with E-state index in [9.17, 15) is 0 Å². The molecular weight excluding hydrogens is 220 g/mol. The summed E-state index contributed by atoms with van der Waals surface area (Å²) in [7, 11) is 0. The zero-order valence-corrected chi connectivity index (χ0v) is 9.66. The molecule has 1 aromatic carbocycles. The number of aryl methyl sites for hydroxylation is 1. The molecule has 2 N–H and O–H groups in total. The van der Waals surface area contributed by atoms with Crippen molar-refractivity contribution in [2.24, 2.45) is 0 Å². The first kappa shape index (κ1) is 9.59. The first-order valence-electron chi connectivity index (χ1n) is 5.13. The number of benzene rings is 1. The highest BCUT2D eigenvalue weighted by Crippen LogP contribution is 2.30. The Bertz CT molecular complexity index is 470. The van der Waals surface area contributed by atoms with Gasteiger partial charge in [0.25, 0.3) is 0 Å². The van der Waals surface area contributed by atoms with Crippen molar-refractivity contribution in [2.45, 2.75) is 12.4 Å². The summed E-state index contributed by atoms with van der Waals surface area (Å²) in [4.78, 5) is 0. The molecule has 3 rings (SSSR count). The van der Waals surface area contributed by atoms with E-state index in [0.717, 1.165) is 17.2 Å². The molecule has 0 saturated heterocycles. The molecule has 0 fully saturated rings. The summed E-state index contributed by atoms with van der Waals surface area (Å²) in [5.41, 5.74) is 2.29. The maximum atomic E-state index is 4.36. The minimum absolute atomic E-state index is 0.144. The fraction of sp³-hybridized carbons (Fsp3) is 0.182. The molecule has 16 heavy (non-hydrogen) atoms. The topological polar surface area (TPSA) is 41.9 Å². The van der Waals surface area contributed by atoms with Gasteiger partial charge in [0, 0.05) is 23.7 Å². The average molecular weight is 232 g/mol. The molecular formula is C11H12N4S. The summed E-state index contributed by atoms with van der Waals surface area (Å²) in [5.74, 6) is 1.05. The van der Waals surface area contributed by atoms with E-state index >= 15 is 0 Å². The third-order valence-electron chi connectivity index (χ3n) is 2.36. The molecule has 0 bridgehead atoms. The van der Waals surface area contributed by atoms with Gasteiger partial charge in [0.15, 0.2) is 5.50 Å². The lowest BCUT2D eigenvalue weighted by Gasteiger charge is -2.12. The summed E-state index contributed by atoms with van der Waals surface area (Å²) in [6.07, 6.45) is 0. The van der Waals surface area contributed by atoms with Crippen LogP contribution >= 0.6 is 11.9 Å². The van der Waals surface area contributed by atoms with Gasteiger partial charge in [0.1, 0.15) is 5.82 Å². The Kier molecular flexibility index (Phi) is 2.25. The normalized spacial score (nSPS) is 17.9. The molecule has 1 aliphatic heterocycles. The predicted molar refractivity (Wildman–Crippen MR) is 67.4 cm³/mol. The lowest BCUT2D eigenvalue weighted by Crippen LogP contribution is -2.20. The van der Waals surface area contributed by atoms with E-state index in [-0.39, 0.29) is 5.50 Å². The molecule has 5 heteroatoms. The summed E-state index contributed by atoms with van der Waals surface area (Å²) in [5, 5.41) is 11.1. The molecule has 1 aliphatic rings. The van der Waals surface area contributed by atoms with Crippen LogP contribution in [0.15, 0.2) is 36.4 Å². The minimum Gasteiger partial charge on any atom is -0.355 e. The van der Waals surface area contributed by atoms with Crippen molar-refractivity contribution < 1.29 is 0 Å². The van der Waals surface area contributed by atoms with E-state index in [1.54, 1.807) is 11.9 Å². The van der Waals surface area contributed by atoms with Gasteiger partial charge < -0.3 is 10.6 Å². The second-order valence-electron chi connectivity index (χ2n) is 3.68. The summed E-state index contributed by atoms with van der Waals surface area (Å²) < 4.78 is 1.91. The first-order valence-corrected chi connectivity index (χ1v) is 5.97. The molecule has 0 unspecified atom stereocenters. The largest absolute Gasteiger partial charge is 0.355 e. The third-order valence-corrected chi connectivity index (χ3v) is 3.28. The monoisotopic (exact) mass is 232 g/mol. The minimum atomic E-state index is 0.144. The van der Waals surface area contributed by atoms with Crippen LogP contribution in [0.4, 0.5) is 11.5 Å². The maximum Gasteiger partial charge on any atom is 0.168 e. The number of nitrogens with zero attached hydrogens (tertiary/aromatic N) is 2. The van der Waals surface area contributed by atoms with E-state index in [1.807, 2.05) is 35.3 Å². The Morgan fingerprint density at radius 1 is 1.38 bits per heavy atom. The molecule has 0 saturated carbocycles. The van der Waals surface area contributed by atoms with Crippen LogP contribution < -0.4 is 10.6 Å². The highest BCUT2D eigenvalue weighted by atomic mass is 32.2. The zero-order valence-electron chi connectivity index (χ0n) is 8.84. The molecule has 4 nitrogen and oxygen atoms in total. The molecule has 1 aromatic heterocycles. The highest BCUT2D eigenvalue weighted by Gasteiger charge is 2.22. The van der Waals surface area contributed by atoms with E-state index in [1.165, 1.54) is 0 Å². The fourth-order valence-electron chi connectivity index (χ4n) is 1.67. The van der Waals surface area contributed by atoms with Crippen LogP contribution in [-0.4, -0.2) is 14.7 Å². The van der Waals surface area contributed by atoms with Gasteiger partial charge in [-0.1, -0.05) is 18.2 Å². The van der Waals surface area contributed by atoms with Crippen molar-refractivity contribution in [3.8, 4) is 0 Å².